The standard InChI is InChI=1S/C35H39F2N7O3/c1-4-24-27(36)7-6-19-12-23(45)14-25(28(19)24)30-29(37)31-26(16-39-30)32(43-17-20-13-22(43)15-38-20)41-33(40-31)35-9-5-11-44(35)21(8-10-35)18-47-34(46)42(2)3/h6-7,12,14,16,20-22,38,45H,4-5,8-11,13,15,17-18H2,1-3H3/t20-,21-,22-,35?/m1/s1. The fourth-order valence-corrected chi connectivity index (χ4v) is 8.59. The molecule has 12 heteroatoms. The molecule has 4 saturated heterocycles. The summed E-state index contributed by atoms with van der Waals surface area (Å²) < 4.78 is 37.8. The predicted octanol–water partition coefficient (Wildman–Crippen LogP) is 5.09. The van der Waals surface area contributed by atoms with Gasteiger partial charge in [0.2, 0.25) is 0 Å². The van der Waals surface area contributed by atoms with Crippen molar-refractivity contribution in [1.82, 2.24) is 30.1 Å². The molecule has 6 heterocycles. The Morgan fingerprint density at radius 1 is 1.21 bits per heavy atom. The van der Waals surface area contributed by atoms with Gasteiger partial charge in [0.25, 0.3) is 0 Å². The van der Waals surface area contributed by atoms with E-state index in [1.807, 2.05) is 6.92 Å². The molecule has 2 bridgehead atoms. The van der Waals surface area contributed by atoms with Crippen LogP contribution in [0.15, 0.2) is 30.5 Å². The first-order valence-electron chi connectivity index (χ1n) is 16.6. The lowest BCUT2D eigenvalue weighted by Gasteiger charge is -2.35. The summed E-state index contributed by atoms with van der Waals surface area (Å²) in [6, 6.07) is 6.58. The maximum atomic E-state index is 17.1. The van der Waals surface area contributed by atoms with Crippen LogP contribution in [0.1, 0.15) is 50.4 Å². The van der Waals surface area contributed by atoms with Gasteiger partial charge in [0.1, 0.15) is 35.2 Å². The molecule has 1 unspecified atom stereocenters. The lowest BCUT2D eigenvalue weighted by molar-refractivity contribution is 0.0660. The van der Waals surface area contributed by atoms with Gasteiger partial charge >= 0.3 is 6.09 Å². The number of aromatic hydroxyl groups is 1. The highest BCUT2D eigenvalue weighted by Crippen LogP contribution is 2.50. The Morgan fingerprint density at radius 2 is 2.06 bits per heavy atom. The van der Waals surface area contributed by atoms with E-state index in [-0.39, 0.29) is 47.6 Å². The Hall–Kier alpha value is -4.16. The number of ether oxygens (including phenoxy) is 1. The number of fused-ring (bicyclic) bond motifs is 5. The molecule has 1 amide bonds. The second kappa shape index (κ2) is 11.2. The lowest BCUT2D eigenvalue weighted by Crippen LogP contribution is -2.46. The Kier molecular flexibility index (Phi) is 7.21. The van der Waals surface area contributed by atoms with Crippen molar-refractivity contribution in [2.75, 3.05) is 45.2 Å². The molecule has 2 N–H and O–H groups in total. The molecular formula is C35H39F2N7O3. The number of anilines is 1. The van der Waals surface area contributed by atoms with Crippen molar-refractivity contribution >= 4 is 33.6 Å². The number of carbonyl (C=O) groups excluding carboxylic acids is 1. The molecule has 4 atom stereocenters. The average molecular weight is 644 g/mol. The Morgan fingerprint density at radius 3 is 2.81 bits per heavy atom. The quantitative estimate of drug-likeness (QED) is 0.297. The fraction of sp³-hybridized carbons (Fsp3) is 0.486. The van der Waals surface area contributed by atoms with Gasteiger partial charge in [-0.2, -0.15) is 0 Å². The monoisotopic (exact) mass is 643 g/mol. The number of carbonyl (C=O) groups is 1. The van der Waals surface area contributed by atoms with Gasteiger partial charge in [-0.25, -0.2) is 23.5 Å². The summed E-state index contributed by atoms with van der Waals surface area (Å²) in [5.74, 6) is 0.196. The largest absolute Gasteiger partial charge is 0.508 e. The third-order valence-corrected chi connectivity index (χ3v) is 10.8. The van der Waals surface area contributed by atoms with E-state index in [2.05, 4.69) is 20.1 Å². The topological polar surface area (TPSA) is 107 Å². The van der Waals surface area contributed by atoms with E-state index >= 15 is 8.78 Å². The third-order valence-electron chi connectivity index (χ3n) is 10.8. The van der Waals surface area contributed by atoms with Crippen molar-refractivity contribution < 1.29 is 23.4 Å². The zero-order valence-corrected chi connectivity index (χ0v) is 26.9. The molecule has 10 nitrogen and oxygen atoms in total. The number of rotatable bonds is 6. The number of halogens is 2. The number of pyridine rings is 1. The van der Waals surface area contributed by atoms with Crippen LogP contribution in [0.4, 0.5) is 19.4 Å². The van der Waals surface area contributed by atoms with E-state index in [0.717, 1.165) is 51.7 Å². The van der Waals surface area contributed by atoms with E-state index in [0.29, 0.717) is 51.4 Å². The molecule has 0 spiro atoms. The predicted molar refractivity (Wildman–Crippen MR) is 174 cm³/mol. The summed E-state index contributed by atoms with van der Waals surface area (Å²) in [7, 11) is 3.33. The van der Waals surface area contributed by atoms with Crippen molar-refractivity contribution in [2.45, 2.75) is 69.1 Å². The summed E-state index contributed by atoms with van der Waals surface area (Å²) in [4.78, 5) is 33.2. The molecule has 0 saturated carbocycles. The van der Waals surface area contributed by atoms with Crippen LogP contribution in [0.5, 0.6) is 5.75 Å². The van der Waals surface area contributed by atoms with Crippen LogP contribution in [0.25, 0.3) is 32.9 Å². The summed E-state index contributed by atoms with van der Waals surface area (Å²) in [5, 5.41) is 15.9. The number of nitrogens with zero attached hydrogens (tertiary/aromatic N) is 6. The SMILES string of the molecule is CCc1c(F)ccc2cc(O)cc(-c3ncc4c(N5C[C@H]6C[C@@H]5CN6)nc(C56CCCN5[C@@H](COC(=O)N(C)C)CC6)nc4c3F)c12. The van der Waals surface area contributed by atoms with Gasteiger partial charge in [0, 0.05) is 57.1 Å². The molecule has 4 aliphatic rings. The van der Waals surface area contributed by atoms with Crippen LogP contribution in [0.3, 0.4) is 0 Å². The van der Waals surface area contributed by atoms with E-state index < -0.39 is 11.4 Å². The molecule has 8 rings (SSSR count). The van der Waals surface area contributed by atoms with Crippen molar-refractivity contribution in [3.05, 3.63) is 53.5 Å². The number of hydrogen-bond donors (Lipinski definition) is 2. The molecule has 2 aromatic heterocycles. The second-order valence-corrected chi connectivity index (χ2v) is 13.7. The van der Waals surface area contributed by atoms with Crippen LogP contribution < -0.4 is 10.2 Å². The highest BCUT2D eigenvalue weighted by molar-refractivity contribution is 6.01. The van der Waals surface area contributed by atoms with Gasteiger partial charge in [0.15, 0.2) is 11.6 Å². The Bertz CT molecular complexity index is 1920. The zero-order chi connectivity index (χ0) is 32.6. The number of nitrogens with one attached hydrogen (secondary N) is 1. The summed E-state index contributed by atoms with van der Waals surface area (Å²) >= 11 is 0. The van der Waals surface area contributed by atoms with E-state index in [4.69, 9.17) is 14.7 Å². The number of hydrogen-bond acceptors (Lipinski definition) is 9. The molecule has 4 aliphatic heterocycles. The van der Waals surface area contributed by atoms with Crippen LogP contribution in [-0.2, 0) is 16.7 Å². The van der Waals surface area contributed by atoms with Gasteiger partial charge in [-0.05, 0) is 79.6 Å². The van der Waals surface area contributed by atoms with E-state index in [9.17, 15) is 9.90 Å². The number of piperazine rings is 1. The first-order valence-corrected chi connectivity index (χ1v) is 16.6. The first kappa shape index (κ1) is 30.2. The van der Waals surface area contributed by atoms with Gasteiger partial charge in [0.05, 0.1) is 10.9 Å². The van der Waals surface area contributed by atoms with Gasteiger partial charge in [-0.3, -0.25) is 9.88 Å². The number of aromatic nitrogens is 3. The maximum absolute atomic E-state index is 17.1. The highest BCUT2D eigenvalue weighted by Gasteiger charge is 2.53. The van der Waals surface area contributed by atoms with E-state index in [1.54, 1.807) is 32.4 Å². The van der Waals surface area contributed by atoms with Gasteiger partial charge in [-0.15, -0.1) is 0 Å². The minimum Gasteiger partial charge on any atom is -0.508 e. The Labute approximate surface area is 271 Å². The van der Waals surface area contributed by atoms with Crippen molar-refractivity contribution in [2.24, 2.45) is 0 Å². The zero-order valence-electron chi connectivity index (χ0n) is 26.9. The van der Waals surface area contributed by atoms with Gasteiger partial charge < -0.3 is 25.0 Å². The smallest absolute Gasteiger partial charge is 0.409 e. The molecule has 4 aromatic rings. The molecule has 47 heavy (non-hydrogen) atoms. The highest BCUT2D eigenvalue weighted by atomic mass is 19.1. The minimum absolute atomic E-state index is 0.00927. The van der Waals surface area contributed by atoms with Crippen LogP contribution in [0, 0.1) is 11.6 Å². The molecular weight excluding hydrogens is 604 g/mol. The van der Waals surface area contributed by atoms with Crippen molar-refractivity contribution in [3.63, 3.8) is 0 Å². The fourth-order valence-electron chi connectivity index (χ4n) is 8.59. The third kappa shape index (κ3) is 4.70. The molecule has 246 valence electrons. The van der Waals surface area contributed by atoms with Gasteiger partial charge in [-0.1, -0.05) is 13.0 Å². The first-order chi connectivity index (χ1) is 22.7. The summed E-state index contributed by atoms with van der Waals surface area (Å²) in [6.45, 7) is 4.52. The number of phenolic OH excluding ortho intramolecular Hbond substituents is 1. The maximum Gasteiger partial charge on any atom is 0.409 e. The summed E-state index contributed by atoms with van der Waals surface area (Å²) in [5.41, 5.74) is 0.434. The molecule has 4 fully saturated rings. The van der Waals surface area contributed by atoms with Crippen LogP contribution >= 0.6 is 0 Å². The average Bonchev–Trinajstić information content (AvgIpc) is 3.86. The van der Waals surface area contributed by atoms with E-state index in [1.165, 1.54) is 17.0 Å². The Balaban J connectivity index is 1.30. The number of benzene rings is 2. The van der Waals surface area contributed by atoms with Crippen LogP contribution in [-0.4, -0.2) is 94.4 Å². The molecule has 0 aliphatic carbocycles. The molecule has 2 aromatic carbocycles. The summed E-state index contributed by atoms with van der Waals surface area (Å²) in [6.07, 6.45) is 5.96. The number of aryl methyl sites for hydroxylation is 1. The van der Waals surface area contributed by atoms with Crippen molar-refractivity contribution in [3.8, 4) is 17.0 Å². The van der Waals surface area contributed by atoms with Crippen LogP contribution in [0.2, 0.25) is 0 Å². The number of phenols is 1. The van der Waals surface area contributed by atoms with Crippen molar-refractivity contribution in [1.29, 1.82) is 0 Å². The second-order valence-electron chi connectivity index (χ2n) is 13.7. The number of amides is 1. The lowest BCUT2D eigenvalue weighted by atomic mass is 9.92. The minimum atomic E-state index is -0.622. The normalized spacial score (nSPS) is 25.3. The molecule has 0 radical (unpaired) electrons.